The smallest absolute Gasteiger partial charge is 0.0507 e. The SMILES string of the molecule is ClCC1CCN(CC2CCOC2)C1. The van der Waals surface area contributed by atoms with Gasteiger partial charge < -0.3 is 9.64 Å². The zero-order valence-electron chi connectivity index (χ0n) is 8.04. The summed E-state index contributed by atoms with van der Waals surface area (Å²) in [6.07, 6.45) is 2.54. The van der Waals surface area contributed by atoms with Crippen LogP contribution in [0.25, 0.3) is 0 Å². The van der Waals surface area contributed by atoms with Crippen LogP contribution < -0.4 is 0 Å². The highest BCUT2D eigenvalue weighted by atomic mass is 35.5. The maximum Gasteiger partial charge on any atom is 0.0507 e. The van der Waals surface area contributed by atoms with Crippen molar-refractivity contribution in [1.29, 1.82) is 0 Å². The molecule has 0 saturated carbocycles. The van der Waals surface area contributed by atoms with Crippen molar-refractivity contribution in [2.45, 2.75) is 12.8 Å². The molecule has 2 fully saturated rings. The number of hydrogen-bond acceptors (Lipinski definition) is 2. The third kappa shape index (κ3) is 2.58. The Morgan fingerprint density at radius 2 is 2.23 bits per heavy atom. The molecule has 0 spiro atoms. The van der Waals surface area contributed by atoms with Crippen molar-refractivity contribution >= 4 is 11.6 Å². The van der Waals surface area contributed by atoms with Crippen LogP contribution in [0.5, 0.6) is 0 Å². The molecule has 0 aliphatic carbocycles. The summed E-state index contributed by atoms with van der Waals surface area (Å²) in [7, 11) is 0. The van der Waals surface area contributed by atoms with Gasteiger partial charge in [-0.25, -0.2) is 0 Å². The minimum atomic E-state index is 0.740. The maximum atomic E-state index is 5.84. The lowest BCUT2D eigenvalue weighted by Crippen LogP contribution is -2.27. The molecule has 0 N–H and O–H groups in total. The number of alkyl halides is 1. The Labute approximate surface area is 85.2 Å². The van der Waals surface area contributed by atoms with Crippen molar-refractivity contribution in [3.8, 4) is 0 Å². The van der Waals surface area contributed by atoms with E-state index in [9.17, 15) is 0 Å². The quantitative estimate of drug-likeness (QED) is 0.646. The van der Waals surface area contributed by atoms with Gasteiger partial charge in [-0.15, -0.1) is 11.6 Å². The summed E-state index contributed by atoms with van der Waals surface area (Å²) in [6, 6.07) is 0. The van der Waals surface area contributed by atoms with Gasteiger partial charge in [-0.1, -0.05) is 0 Å². The van der Waals surface area contributed by atoms with Crippen molar-refractivity contribution < 1.29 is 4.74 Å². The van der Waals surface area contributed by atoms with Crippen molar-refractivity contribution in [2.75, 3.05) is 38.7 Å². The molecule has 2 heterocycles. The Hall–Kier alpha value is 0.210. The predicted molar refractivity (Wildman–Crippen MR) is 54.2 cm³/mol. The zero-order chi connectivity index (χ0) is 9.10. The molecule has 2 unspecified atom stereocenters. The van der Waals surface area contributed by atoms with Crippen LogP contribution in [-0.4, -0.2) is 43.6 Å². The fourth-order valence-electron chi connectivity index (χ4n) is 2.30. The normalized spacial score (nSPS) is 35.8. The third-order valence-corrected chi connectivity index (χ3v) is 3.57. The van der Waals surface area contributed by atoms with Gasteiger partial charge in [0.1, 0.15) is 0 Å². The minimum Gasteiger partial charge on any atom is -0.381 e. The highest BCUT2D eigenvalue weighted by Crippen LogP contribution is 2.21. The van der Waals surface area contributed by atoms with Gasteiger partial charge >= 0.3 is 0 Å². The molecule has 0 bridgehead atoms. The van der Waals surface area contributed by atoms with Crippen molar-refractivity contribution in [1.82, 2.24) is 4.90 Å². The molecule has 0 radical (unpaired) electrons. The van der Waals surface area contributed by atoms with Crippen molar-refractivity contribution in [3.05, 3.63) is 0 Å². The third-order valence-electron chi connectivity index (χ3n) is 3.13. The summed E-state index contributed by atoms with van der Waals surface area (Å²) in [5.41, 5.74) is 0. The Kier molecular flexibility index (Phi) is 3.47. The first-order valence-corrected chi connectivity index (χ1v) is 5.78. The van der Waals surface area contributed by atoms with Crippen LogP contribution >= 0.6 is 11.6 Å². The van der Waals surface area contributed by atoms with E-state index in [-0.39, 0.29) is 0 Å². The van der Waals surface area contributed by atoms with E-state index in [0.29, 0.717) is 0 Å². The Morgan fingerprint density at radius 3 is 2.85 bits per heavy atom. The minimum absolute atomic E-state index is 0.740. The molecule has 0 aromatic carbocycles. The monoisotopic (exact) mass is 203 g/mol. The van der Waals surface area contributed by atoms with Gasteiger partial charge in [0.05, 0.1) is 6.61 Å². The van der Waals surface area contributed by atoms with Crippen LogP contribution in [0.2, 0.25) is 0 Å². The lowest BCUT2D eigenvalue weighted by atomic mass is 10.1. The maximum absolute atomic E-state index is 5.84. The van der Waals surface area contributed by atoms with Crippen LogP contribution in [0.3, 0.4) is 0 Å². The van der Waals surface area contributed by atoms with Crippen LogP contribution in [0.1, 0.15) is 12.8 Å². The first-order chi connectivity index (χ1) is 6.38. The van der Waals surface area contributed by atoms with Gasteiger partial charge in [-0.05, 0) is 31.2 Å². The summed E-state index contributed by atoms with van der Waals surface area (Å²) in [4.78, 5) is 2.55. The van der Waals surface area contributed by atoms with Gasteiger partial charge in [-0.3, -0.25) is 0 Å². The summed E-state index contributed by atoms with van der Waals surface area (Å²) in [6.45, 7) is 5.63. The van der Waals surface area contributed by atoms with Gasteiger partial charge in [0.2, 0.25) is 0 Å². The second-order valence-electron chi connectivity index (χ2n) is 4.30. The molecular weight excluding hydrogens is 186 g/mol. The molecule has 3 heteroatoms. The Balaban J connectivity index is 1.70. The van der Waals surface area contributed by atoms with E-state index in [0.717, 1.165) is 30.9 Å². The van der Waals surface area contributed by atoms with E-state index in [1.54, 1.807) is 0 Å². The number of rotatable bonds is 3. The largest absolute Gasteiger partial charge is 0.381 e. The number of nitrogens with zero attached hydrogens (tertiary/aromatic N) is 1. The van der Waals surface area contributed by atoms with Crippen LogP contribution in [0.4, 0.5) is 0 Å². The molecule has 0 amide bonds. The first-order valence-electron chi connectivity index (χ1n) is 5.24. The Morgan fingerprint density at radius 1 is 1.31 bits per heavy atom. The molecule has 2 aliphatic rings. The highest BCUT2D eigenvalue weighted by Gasteiger charge is 2.25. The number of hydrogen-bond donors (Lipinski definition) is 0. The lowest BCUT2D eigenvalue weighted by molar-refractivity contribution is 0.173. The number of likely N-dealkylation sites (tertiary alicyclic amines) is 1. The second-order valence-corrected chi connectivity index (χ2v) is 4.61. The van der Waals surface area contributed by atoms with E-state index >= 15 is 0 Å². The first kappa shape index (κ1) is 9.75. The summed E-state index contributed by atoms with van der Waals surface area (Å²) in [5, 5.41) is 0. The molecule has 2 atom stereocenters. The van der Waals surface area contributed by atoms with Crippen LogP contribution in [0, 0.1) is 11.8 Å². The second kappa shape index (κ2) is 4.63. The molecule has 76 valence electrons. The van der Waals surface area contributed by atoms with E-state index in [2.05, 4.69) is 4.90 Å². The standard InChI is InChI=1S/C10H18ClNO/c11-5-9-1-3-12(6-9)7-10-2-4-13-8-10/h9-10H,1-8H2. The predicted octanol–water partition coefficient (Wildman–Crippen LogP) is 1.58. The van der Waals surface area contributed by atoms with Gasteiger partial charge in [0.15, 0.2) is 0 Å². The van der Waals surface area contributed by atoms with E-state index in [1.807, 2.05) is 0 Å². The van der Waals surface area contributed by atoms with Crippen molar-refractivity contribution in [3.63, 3.8) is 0 Å². The molecule has 2 nitrogen and oxygen atoms in total. The number of halogens is 1. The van der Waals surface area contributed by atoms with E-state index < -0.39 is 0 Å². The molecule has 2 saturated heterocycles. The Bertz CT molecular complexity index is 159. The van der Waals surface area contributed by atoms with E-state index in [4.69, 9.17) is 16.3 Å². The van der Waals surface area contributed by atoms with Gasteiger partial charge in [-0.2, -0.15) is 0 Å². The fourth-order valence-corrected chi connectivity index (χ4v) is 2.55. The highest BCUT2D eigenvalue weighted by molar-refractivity contribution is 6.18. The summed E-state index contributed by atoms with van der Waals surface area (Å²) < 4.78 is 5.37. The lowest BCUT2D eigenvalue weighted by Gasteiger charge is -2.18. The average molecular weight is 204 g/mol. The van der Waals surface area contributed by atoms with E-state index in [1.165, 1.54) is 32.5 Å². The fraction of sp³-hybridized carbons (Fsp3) is 1.00. The molecule has 0 aromatic heterocycles. The van der Waals surface area contributed by atoms with Crippen molar-refractivity contribution in [2.24, 2.45) is 11.8 Å². The van der Waals surface area contributed by atoms with Gasteiger partial charge in [0, 0.05) is 25.6 Å². The molecule has 2 rings (SSSR count). The van der Waals surface area contributed by atoms with Crippen LogP contribution in [-0.2, 0) is 4.74 Å². The number of ether oxygens (including phenoxy) is 1. The summed E-state index contributed by atoms with van der Waals surface area (Å²) in [5.74, 6) is 2.36. The molecular formula is C10H18ClNO. The zero-order valence-corrected chi connectivity index (χ0v) is 8.80. The average Bonchev–Trinajstić information content (AvgIpc) is 2.76. The molecule has 13 heavy (non-hydrogen) atoms. The summed E-state index contributed by atoms with van der Waals surface area (Å²) >= 11 is 5.84. The van der Waals surface area contributed by atoms with Gasteiger partial charge in [0.25, 0.3) is 0 Å². The topological polar surface area (TPSA) is 12.5 Å². The molecule has 2 aliphatic heterocycles. The molecule has 0 aromatic rings. The van der Waals surface area contributed by atoms with Crippen LogP contribution in [0.15, 0.2) is 0 Å².